The Labute approximate surface area is 156 Å². The molecule has 8 heteroatoms. The number of carbonyl (C=O) groups is 1. The highest BCUT2D eigenvalue weighted by molar-refractivity contribution is 9.10. The first-order valence-electron chi connectivity index (χ1n) is 7.72. The van der Waals surface area contributed by atoms with Crippen molar-refractivity contribution < 1.29 is 14.3 Å². The van der Waals surface area contributed by atoms with Crippen molar-refractivity contribution >= 4 is 51.5 Å². The van der Waals surface area contributed by atoms with Crippen molar-refractivity contribution in [3.63, 3.8) is 0 Å². The summed E-state index contributed by atoms with van der Waals surface area (Å²) in [6, 6.07) is 10.5. The first kappa shape index (κ1) is 16.3. The maximum absolute atomic E-state index is 12.4. The number of aliphatic imine (C=N–C) groups is 1. The van der Waals surface area contributed by atoms with Crippen LogP contribution in [0, 0.1) is 6.92 Å². The van der Waals surface area contributed by atoms with Crippen LogP contribution in [0.15, 0.2) is 50.3 Å². The molecule has 4 rings (SSSR count). The number of oxazole rings is 1. The van der Waals surface area contributed by atoms with Crippen LogP contribution in [0.1, 0.15) is 21.5 Å². The summed E-state index contributed by atoms with van der Waals surface area (Å²) in [4.78, 5) is 20.8. The zero-order valence-electron chi connectivity index (χ0n) is 13.6. The van der Waals surface area contributed by atoms with Crippen molar-refractivity contribution in [1.82, 2.24) is 4.98 Å². The van der Waals surface area contributed by atoms with Gasteiger partial charge in [0.15, 0.2) is 5.82 Å². The van der Waals surface area contributed by atoms with Gasteiger partial charge in [-0.1, -0.05) is 27.6 Å². The number of nitrogens with one attached hydrogen (secondary N) is 2. The lowest BCUT2D eigenvalue weighted by atomic mass is 10.1. The van der Waals surface area contributed by atoms with Crippen molar-refractivity contribution in [2.75, 3.05) is 10.6 Å². The zero-order chi connectivity index (χ0) is 18.3. The molecule has 0 saturated carbocycles. The van der Waals surface area contributed by atoms with E-state index in [0.717, 1.165) is 10.0 Å². The van der Waals surface area contributed by atoms with E-state index in [0.29, 0.717) is 22.6 Å². The van der Waals surface area contributed by atoms with E-state index in [2.05, 4.69) is 36.5 Å². The summed E-state index contributed by atoms with van der Waals surface area (Å²) in [6.45, 7) is 1.92. The molecule has 0 atom stereocenters. The summed E-state index contributed by atoms with van der Waals surface area (Å²) in [5.41, 5.74) is 2.64. The average Bonchev–Trinajstić information content (AvgIpc) is 2.93. The Morgan fingerprint density at radius 1 is 1.23 bits per heavy atom. The molecule has 1 aromatic heterocycles. The Kier molecular flexibility index (Phi) is 3.96. The van der Waals surface area contributed by atoms with E-state index in [-0.39, 0.29) is 23.6 Å². The van der Waals surface area contributed by atoms with Crippen LogP contribution in [-0.2, 0) is 0 Å². The molecule has 3 N–H and O–H groups in total. The predicted octanol–water partition coefficient (Wildman–Crippen LogP) is 4.51. The van der Waals surface area contributed by atoms with Crippen molar-refractivity contribution in [2.24, 2.45) is 4.99 Å². The highest BCUT2D eigenvalue weighted by Gasteiger charge is 2.23. The lowest BCUT2D eigenvalue weighted by Gasteiger charge is -2.05. The third-order valence-corrected chi connectivity index (χ3v) is 4.31. The minimum atomic E-state index is -0.286. The fraction of sp³-hybridized carbons (Fsp3) is 0.0556. The summed E-state index contributed by atoms with van der Waals surface area (Å²) in [6.07, 6.45) is 1.43. The molecule has 26 heavy (non-hydrogen) atoms. The lowest BCUT2D eigenvalue weighted by Crippen LogP contribution is -2.10. The second-order valence-electron chi connectivity index (χ2n) is 5.76. The Morgan fingerprint density at radius 2 is 2.08 bits per heavy atom. The number of amides is 1. The van der Waals surface area contributed by atoms with Gasteiger partial charge < -0.3 is 14.8 Å². The fourth-order valence-corrected chi connectivity index (χ4v) is 2.92. The molecule has 0 unspecified atom stereocenters. The Bertz CT molecular complexity index is 1060. The normalized spacial score (nSPS) is 12.9. The number of anilines is 3. The van der Waals surface area contributed by atoms with E-state index < -0.39 is 0 Å². The first-order chi connectivity index (χ1) is 12.5. The number of benzene rings is 2. The van der Waals surface area contributed by atoms with Gasteiger partial charge >= 0.3 is 6.01 Å². The van der Waals surface area contributed by atoms with Gasteiger partial charge in [-0.2, -0.15) is 4.98 Å². The number of nitrogens with zero attached hydrogens (tertiary/aromatic N) is 2. The number of aromatic hydroxyl groups is 1. The highest BCUT2D eigenvalue weighted by Crippen LogP contribution is 2.35. The molecule has 1 amide bonds. The summed E-state index contributed by atoms with van der Waals surface area (Å²) in [5, 5.41) is 15.6. The molecule has 0 bridgehead atoms. The van der Waals surface area contributed by atoms with E-state index in [1.165, 1.54) is 6.21 Å². The summed E-state index contributed by atoms with van der Waals surface area (Å²) >= 11 is 3.34. The minimum absolute atomic E-state index is 0.0535. The molecule has 0 spiro atoms. The summed E-state index contributed by atoms with van der Waals surface area (Å²) in [5.74, 6) is 0.355. The first-order valence-corrected chi connectivity index (χ1v) is 8.51. The average molecular weight is 413 g/mol. The molecule has 0 saturated heterocycles. The number of halogens is 1. The van der Waals surface area contributed by atoms with Gasteiger partial charge in [0, 0.05) is 16.3 Å². The van der Waals surface area contributed by atoms with Crippen LogP contribution < -0.4 is 10.6 Å². The molecule has 0 aliphatic carbocycles. The predicted molar refractivity (Wildman–Crippen MR) is 102 cm³/mol. The Hall–Kier alpha value is -3.13. The monoisotopic (exact) mass is 412 g/mol. The van der Waals surface area contributed by atoms with Crippen molar-refractivity contribution in [3.8, 4) is 5.75 Å². The van der Waals surface area contributed by atoms with Crippen molar-refractivity contribution in [2.45, 2.75) is 6.92 Å². The second-order valence-corrected chi connectivity index (χ2v) is 6.68. The molecule has 130 valence electrons. The second kappa shape index (κ2) is 6.30. The SMILES string of the molecule is Cc1ccc2c(c1)C(=O)Nc1oc(N=Cc3cc(Br)ccc3O)nc1N2. The molecule has 2 aromatic carbocycles. The van der Waals surface area contributed by atoms with E-state index >= 15 is 0 Å². The number of hydrogen-bond acceptors (Lipinski definition) is 6. The number of fused-ring (bicyclic) bond motifs is 2. The van der Waals surface area contributed by atoms with E-state index in [1.807, 2.05) is 19.1 Å². The van der Waals surface area contributed by atoms with E-state index in [4.69, 9.17) is 4.42 Å². The largest absolute Gasteiger partial charge is 0.507 e. The molecule has 0 fully saturated rings. The van der Waals surface area contributed by atoms with Gasteiger partial charge in [-0.15, -0.1) is 0 Å². The summed E-state index contributed by atoms with van der Waals surface area (Å²) < 4.78 is 6.32. The number of hydrogen-bond donors (Lipinski definition) is 3. The smallest absolute Gasteiger partial charge is 0.325 e. The summed E-state index contributed by atoms with van der Waals surface area (Å²) in [7, 11) is 0. The quantitative estimate of drug-likeness (QED) is 0.537. The third kappa shape index (κ3) is 3.06. The van der Waals surface area contributed by atoms with Gasteiger partial charge in [-0.3, -0.25) is 10.1 Å². The number of aryl methyl sites for hydroxylation is 1. The topological polar surface area (TPSA) is 99.8 Å². The number of aromatic nitrogens is 1. The molecule has 1 aliphatic heterocycles. The van der Waals surface area contributed by atoms with E-state index in [9.17, 15) is 9.90 Å². The van der Waals surface area contributed by atoms with Gasteiger partial charge in [-0.25, -0.2) is 4.99 Å². The van der Waals surface area contributed by atoms with Crippen LogP contribution in [-0.4, -0.2) is 22.2 Å². The van der Waals surface area contributed by atoms with E-state index in [1.54, 1.807) is 24.3 Å². The number of rotatable bonds is 2. The lowest BCUT2D eigenvalue weighted by molar-refractivity contribution is 0.102. The van der Waals surface area contributed by atoms with Crippen LogP contribution in [0.2, 0.25) is 0 Å². The van der Waals surface area contributed by atoms with Gasteiger partial charge in [0.05, 0.1) is 11.3 Å². The maximum Gasteiger partial charge on any atom is 0.325 e. The van der Waals surface area contributed by atoms with Crippen LogP contribution >= 0.6 is 15.9 Å². The van der Waals surface area contributed by atoms with Crippen LogP contribution in [0.4, 0.5) is 23.4 Å². The Balaban J connectivity index is 1.66. The molecule has 7 nitrogen and oxygen atoms in total. The third-order valence-electron chi connectivity index (χ3n) is 3.82. The van der Waals surface area contributed by atoms with Crippen LogP contribution in [0.25, 0.3) is 0 Å². The fourth-order valence-electron chi connectivity index (χ4n) is 2.54. The zero-order valence-corrected chi connectivity index (χ0v) is 15.2. The van der Waals surface area contributed by atoms with Gasteiger partial charge in [0.25, 0.3) is 5.91 Å². The van der Waals surface area contributed by atoms with Crippen LogP contribution in [0.3, 0.4) is 0 Å². The van der Waals surface area contributed by atoms with Gasteiger partial charge in [0.2, 0.25) is 5.88 Å². The van der Waals surface area contributed by atoms with Gasteiger partial charge in [-0.05, 0) is 37.3 Å². The number of phenols is 1. The van der Waals surface area contributed by atoms with Crippen molar-refractivity contribution in [1.29, 1.82) is 0 Å². The molecular weight excluding hydrogens is 400 g/mol. The van der Waals surface area contributed by atoms with Gasteiger partial charge in [0.1, 0.15) is 5.75 Å². The molecule has 1 aliphatic rings. The standard InChI is InChI=1S/C18H13BrN4O3/c1-9-2-4-13-12(6-9)16(25)23-17-15(21-13)22-18(26-17)20-8-10-7-11(19)3-5-14(10)24/h2-8,21,24H,1H3,(H,23,25). The number of carbonyl (C=O) groups excluding carboxylic acids is 1. The molecule has 3 aromatic rings. The Morgan fingerprint density at radius 3 is 2.92 bits per heavy atom. The number of phenolic OH excluding ortho intramolecular Hbond substituents is 1. The molecular formula is C18H13BrN4O3. The van der Waals surface area contributed by atoms with Crippen LogP contribution in [0.5, 0.6) is 5.75 Å². The molecule has 2 heterocycles. The molecule has 0 radical (unpaired) electrons. The minimum Gasteiger partial charge on any atom is -0.507 e. The van der Waals surface area contributed by atoms with Crippen molar-refractivity contribution in [3.05, 3.63) is 57.6 Å². The highest BCUT2D eigenvalue weighted by atomic mass is 79.9. The maximum atomic E-state index is 12.4.